The van der Waals surface area contributed by atoms with E-state index in [9.17, 15) is 9.18 Å². The van der Waals surface area contributed by atoms with Gasteiger partial charge < -0.3 is 19.1 Å². The Bertz CT molecular complexity index is 1330. The van der Waals surface area contributed by atoms with Crippen LogP contribution in [0.3, 0.4) is 0 Å². The lowest BCUT2D eigenvalue weighted by Gasteiger charge is -2.37. The molecule has 1 aliphatic rings. The highest BCUT2D eigenvalue weighted by atomic mass is 32.1. The molecule has 8 nitrogen and oxygen atoms in total. The van der Waals surface area contributed by atoms with Crippen molar-refractivity contribution in [3.63, 3.8) is 0 Å². The van der Waals surface area contributed by atoms with Gasteiger partial charge in [-0.2, -0.15) is 4.98 Å². The predicted octanol–water partition coefficient (Wildman–Crippen LogP) is 5.84. The van der Waals surface area contributed by atoms with Crippen molar-refractivity contribution in [3.05, 3.63) is 70.9 Å². The van der Waals surface area contributed by atoms with Gasteiger partial charge in [0.15, 0.2) is 0 Å². The molecule has 0 saturated carbocycles. The lowest BCUT2D eigenvalue weighted by Crippen LogP contribution is -2.51. The van der Waals surface area contributed by atoms with E-state index >= 15 is 0 Å². The third-order valence-electron chi connectivity index (χ3n) is 5.57. The normalized spacial score (nSPS) is 14.0. The summed E-state index contributed by atoms with van der Waals surface area (Å²) in [6.07, 6.45) is -0.668. The predicted molar refractivity (Wildman–Crippen MR) is 127 cm³/mol. The molecule has 0 atom stereocenters. The van der Waals surface area contributed by atoms with E-state index in [1.54, 1.807) is 35.6 Å². The third kappa shape index (κ3) is 5.33. The quantitative estimate of drug-likeness (QED) is 0.305. The van der Waals surface area contributed by atoms with E-state index in [2.05, 4.69) is 28.0 Å². The zero-order valence-electron chi connectivity index (χ0n) is 18.8. The molecule has 1 N–H and O–H groups in total. The van der Waals surface area contributed by atoms with Crippen molar-refractivity contribution in [1.82, 2.24) is 15.0 Å². The molecule has 3 heterocycles. The van der Waals surface area contributed by atoms with Gasteiger partial charge in [-0.15, -0.1) is 11.3 Å². The smallest absolute Gasteiger partial charge is 0.457 e. The number of likely N-dealkylation sites (tertiary alicyclic amines) is 1. The van der Waals surface area contributed by atoms with E-state index in [-0.39, 0.29) is 11.9 Å². The average Bonchev–Trinajstić information content (AvgIpc) is 3.45. The Labute approximate surface area is 204 Å². The number of carboxylic acid groups (broad SMARTS) is 1. The Balaban J connectivity index is 1.26. The fourth-order valence-electron chi connectivity index (χ4n) is 3.87. The lowest BCUT2D eigenvalue weighted by molar-refractivity contribution is -0.0359. The minimum absolute atomic E-state index is 0.261. The van der Waals surface area contributed by atoms with Gasteiger partial charge in [0.1, 0.15) is 23.4 Å². The molecule has 0 aliphatic carbocycles. The summed E-state index contributed by atoms with van der Waals surface area (Å²) < 4.78 is 29.4. The van der Waals surface area contributed by atoms with E-state index in [4.69, 9.17) is 19.1 Å². The van der Waals surface area contributed by atoms with Gasteiger partial charge in [-0.25, -0.2) is 9.18 Å². The number of benzene rings is 2. The van der Waals surface area contributed by atoms with Crippen molar-refractivity contribution >= 4 is 17.5 Å². The largest absolute Gasteiger partial charge is 0.506 e. The van der Waals surface area contributed by atoms with Crippen LogP contribution in [-0.4, -0.2) is 45.5 Å². The van der Waals surface area contributed by atoms with Crippen LogP contribution in [0.25, 0.3) is 22.2 Å². The Hall–Kier alpha value is -3.76. The summed E-state index contributed by atoms with van der Waals surface area (Å²) >= 11 is 1.61. The van der Waals surface area contributed by atoms with Crippen LogP contribution < -0.4 is 4.74 Å². The maximum atomic E-state index is 13.4. The van der Waals surface area contributed by atoms with Gasteiger partial charge >= 0.3 is 6.16 Å². The second-order valence-corrected chi connectivity index (χ2v) is 9.26. The monoisotopic (exact) mass is 495 g/mol. The van der Waals surface area contributed by atoms with E-state index < -0.39 is 6.16 Å². The second-order valence-electron chi connectivity index (χ2n) is 8.13. The molecule has 0 spiro atoms. The van der Waals surface area contributed by atoms with Crippen LogP contribution in [0.4, 0.5) is 9.18 Å². The second kappa shape index (κ2) is 9.85. The van der Waals surface area contributed by atoms with Crippen LogP contribution in [0, 0.1) is 5.82 Å². The molecule has 1 fully saturated rings. The molecular weight excluding hydrogens is 473 g/mol. The Morgan fingerprint density at radius 2 is 2.00 bits per heavy atom. The third-order valence-corrected chi connectivity index (χ3v) is 6.73. The van der Waals surface area contributed by atoms with Gasteiger partial charge in [0, 0.05) is 36.1 Å². The number of nitrogens with zero attached hydrogens (tertiary/aromatic N) is 3. The number of rotatable bonds is 8. The van der Waals surface area contributed by atoms with Crippen molar-refractivity contribution in [3.8, 4) is 33.7 Å². The van der Waals surface area contributed by atoms with E-state index in [0.717, 1.165) is 27.3 Å². The standard InChI is InChI=1S/C25H22FN3O5S/c1-2-15-10-21(14-29-12-20(13-29)33-25(30)31)35-22(15)23-27-24(34-28-23)16-6-8-18(9-7-16)32-19-5-3-4-17(26)11-19/h3-11,20H,2,12-14H2,1H3,(H,30,31). The number of carbonyl (C=O) groups is 1. The van der Waals surface area contributed by atoms with Crippen LogP contribution in [0.2, 0.25) is 0 Å². The minimum atomic E-state index is -1.23. The number of aromatic nitrogens is 2. The summed E-state index contributed by atoms with van der Waals surface area (Å²) in [7, 11) is 0. The van der Waals surface area contributed by atoms with Gasteiger partial charge in [-0.05, 0) is 54.4 Å². The zero-order chi connectivity index (χ0) is 24.4. The van der Waals surface area contributed by atoms with Crippen molar-refractivity contribution in [2.45, 2.75) is 26.0 Å². The highest BCUT2D eigenvalue weighted by Crippen LogP contribution is 2.34. The van der Waals surface area contributed by atoms with Crippen molar-refractivity contribution in [1.29, 1.82) is 0 Å². The molecule has 1 aliphatic heterocycles. The van der Waals surface area contributed by atoms with Crippen molar-refractivity contribution < 1.29 is 28.3 Å². The van der Waals surface area contributed by atoms with Crippen LogP contribution in [0.15, 0.2) is 59.1 Å². The number of hydrogen-bond acceptors (Lipinski definition) is 8. The van der Waals surface area contributed by atoms with Gasteiger partial charge in [0.05, 0.1) is 4.88 Å². The van der Waals surface area contributed by atoms with E-state index in [1.165, 1.54) is 12.1 Å². The first kappa shape index (κ1) is 23.0. The minimum Gasteiger partial charge on any atom is -0.457 e. The highest BCUT2D eigenvalue weighted by molar-refractivity contribution is 7.15. The summed E-state index contributed by atoms with van der Waals surface area (Å²) in [4.78, 5) is 19.5. The maximum absolute atomic E-state index is 13.4. The molecule has 4 aromatic rings. The van der Waals surface area contributed by atoms with Gasteiger partial charge in [0.2, 0.25) is 5.82 Å². The fraction of sp³-hybridized carbons (Fsp3) is 0.240. The summed E-state index contributed by atoms with van der Waals surface area (Å²) in [5.41, 5.74) is 1.88. The summed E-state index contributed by atoms with van der Waals surface area (Å²) in [5, 5.41) is 12.9. The molecule has 1 saturated heterocycles. The number of aryl methyl sites for hydroxylation is 1. The fourth-order valence-corrected chi connectivity index (χ4v) is 5.09. The van der Waals surface area contributed by atoms with Gasteiger partial charge in [-0.1, -0.05) is 18.1 Å². The SMILES string of the molecule is CCc1cc(CN2CC(OC(=O)O)C2)sc1-c1noc(-c2ccc(Oc3cccc(F)c3)cc2)n1. The van der Waals surface area contributed by atoms with E-state index in [1.807, 2.05) is 12.1 Å². The first-order valence-corrected chi connectivity index (χ1v) is 11.9. The lowest BCUT2D eigenvalue weighted by atomic mass is 10.1. The molecule has 0 radical (unpaired) electrons. The number of halogens is 1. The number of hydrogen-bond donors (Lipinski definition) is 1. The van der Waals surface area contributed by atoms with Gasteiger partial charge in [0.25, 0.3) is 5.89 Å². The molecule has 0 bridgehead atoms. The molecule has 180 valence electrons. The molecule has 5 rings (SSSR count). The van der Waals surface area contributed by atoms with Crippen LogP contribution >= 0.6 is 11.3 Å². The Morgan fingerprint density at radius 1 is 1.20 bits per heavy atom. The zero-order valence-corrected chi connectivity index (χ0v) is 19.6. The Kier molecular flexibility index (Phi) is 6.47. The Morgan fingerprint density at radius 3 is 2.71 bits per heavy atom. The van der Waals surface area contributed by atoms with Crippen molar-refractivity contribution in [2.24, 2.45) is 0 Å². The summed E-state index contributed by atoms with van der Waals surface area (Å²) in [5.74, 6) is 1.55. The van der Waals surface area contributed by atoms with Crippen molar-refractivity contribution in [2.75, 3.05) is 13.1 Å². The maximum Gasteiger partial charge on any atom is 0.506 e. The van der Waals surface area contributed by atoms with Crippen LogP contribution in [-0.2, 0) is 17.7 Å². The first-order valence-electron chi connectivity index (χ1n) is 11.1. The average molecular weight is 496 g/mol. The molecule has 0 amide bonds. The summed E-state index contributed by atoms with van der Waals surface area (Å²) in [6.45, 7) is 3.97. The first-order chi connectivity index (χ1) is 17.0. The topological polar surface area (TPSA) is 97.9 Å². The molecule has 2 aromatic heterocycles. The highest BCUT2D eigenvalue weighted by Gasteiger charge is 2.30. The van der Waals surface area contributed by atoms with Gasteiger partial charge in [-0.3, -0.25) is 4.90 Å². The van der Waals surface area contributed by atoms with E-state index in [0.29, 0.717) is 42.8 Å². The molecule has 10 heteroatoms. The van der Waals surface area contributed by atoms with Crippen LogP contribution in [0.1, 0.15) is 17.4 Å². The molecule has 2 aromatic carbocycles. The number of ether oxygens (including phenoxy) is 2. The number of thiophene rings is 1. The molecule has 0 unspecified atom stereocenters. The molecular formula is C25H22FN3O5S. The molecule has 35 heavy (non-hydrogen) atoms. The van der Waals surface area contributed by atoms with Crippen LogP contribution in [0.5, 0.6) is 11.5 Å². The summed E-state index contributed by atoms with van der Waals surface area (Å²) in [6, 6.07) is 15.3.